The highest BCUT2D eigenvalue weighted by Crippen LogP contribution is 2.26. The van der Waals surface area contributed by atoms with Crippen molar-refractivity contribution in [2.75, 3.05) is 18.1 Å². The monoisotopic (exact) mass is 294 g/mol. The quantitative estimate of drug-likeness (QED) is 0.872. The van der Waals surface area contributed by atoms with Gasteiger partial charge in [-0.2, -0.15) is 11.8 Å². The first-order valence-corrected chi connectivity index (χ1v) is 8.43. The van der Waals surface area contributed by atoms with E-state index in [0.29, 0.717) is 11.5 Å². The van der Waals surface area contributed by atoms with Gasteiger partial charge in [-0.05, 0) is 51.0 Å². The predicted octanol–water partition coefficient (Wildman–Crippen LogP) is 2.31. The molecule has 0 saturated heterocycles. The molecule has 1 fully saturated rings. The standard InChI is InChI=1S/C14H22N4OS/c1-3-15-13-9-8-12(17-18-13)14(19)16-10-4-6-11(20-2)7-5-10/h8-11H,3-7H2,1-2H3,(H,15,18)(H,16,19). The van der Waals surface area contributed by atoms with Gasteiger partial charge in [-0.15, -0.1) is 10.2 Å². The number of hydrogen-bond donors (Lipinski definition) is 2. The average molecular weight is 294 g/mol. The van der Waals surface area contributed by atoms with E-state index in [1.807, 2.05) is 18.7 Å². The fraction of sp³-hybridized carbons (Fsp3) is 0.643. The number of hydrogen-bond acceptors (Lipinski definition) is 5. The van der Waals surface area contributed by atoms with Crippen LogP contribution in [0.1, 0.15) is 43.1 Å². The van der Waals surface area contributed by atoms with Crippen LogP contribution in [0.5, 0.6) is 0 Å². The minimum Gasteiger partial charge on any atom is -0.369 e. The molecule has 2 N–H and O–H groups in total. The van der Waals surface area contributed by atoms with Crippen molar-refractivity contribution in [1.29, 1.82) is 0 Å². The second-order valence-corrected chi connectivity index (χ2v) is 6.16. The lowest BCUT2D eigenvalue weighted by molar-refractivity contribution is 0.0922. The Bertz CT molecular complexity index is 429. The molecular weight excluding hydrogens is 272 g/mol. The van der Waals surface area contributed by atoms with Crippen molar-refractivity contribution in [1.82, 2.24) is 15.5 Å². The summed E-state index contributed by atoms with van der Waals surface area (Å²) in [6, 6.07) is 3.78. The third-order valence-electron chi connectivity index (χ3n) is 3.60. The van der Waals surface area contributed by atoms with Crippen LogP contribution in [0.4, 0.5) is 5.82 Å². The SMILES string of the molecule is CCNc1ccc(C(=O)NC2CCC(SC)CC2)nn1. The first kappa shape index (κ1) is 15.1. The van der Waals surface area contributed by atoms with Crippen molar-refractivity contribution >= 4 is 23.5 Å². The number of carbonyl (C=O) groups excluding carboxylic acids is 1. The molecule has 0 unspecified atom stereocenters. The van der Waals surface area contributed by atoms with Crippen molar-refractivity contribution in [3.8, 4) is 0 Å². The molecule has 20 heavy (non-hydrogen) atoms. The van der Waals surface area contributed by atoms with Gasteiger partial charge in [0.25, 0.3) is 5.91 Å². The minimum atomic E-state index is -0.117. The van der Waals surface area contributed by atoms with Gasteiger partial charge in [-0.25, -0.2) is 0 Å². The van der Waals surface area contributed by atoms with Crippen molar-refractivity contribution in [2.45, 2.75) is 43.9 Å². The van der Waals surface area contributed by atoms with Crippen LogP contribution in [0.2, 0.25) is 0 Å². The van der Waals surface area contributed by atoms with Crippen molar-refractivity contribution in [3.05, 3.63) is 17.8 Å². The lowest BCUT2D eigenvalue weighted by Gasteiger charge is -2.27. The Balaban J connectivity index is 1.85. The number of nitrogens with zero attached hydrogens (tertiary/aromatic N) is 2. The first-order chi connectivity index (χ1) is 9.72. The van der Waals surface area contributed by atoms with E-state index in [2.05, 4.69) is 27.1 Å². The lowest BCUT2D eigenvalue weighted by atomic mass is 9.95. The molecule has 0 atom stereocenters. The molecule has 0 spiro atoms. The zero-order valence-electron chi connectivity index (χ0n) is 12.1. The Morgan fingerprint density at radius 1 is 1.30 bits per heavy atom. The Morgan fingerprint density at radius 2 is 2.05 bits per heavy atom. The molecule has 5 nitrogen and oxygen atoms in total. The number of amides is 1. The summed E-state index contributed by atoms with van der Waals surface area (Å²) < 4.78 is 0. The van der Waals surface area contributed by atoms with Crippen LogP contribution in [0.3, 0.4) is 0 Å². The van der Waals surface area contributed by atoms with Crippen molar-refractivity contribution in [2.24, 2.45) is 0 Å². The fourth-order valence-corrected chi connectivity index (χ4v) is 3.17. The maximum Gasteiger partial charge on any atom is 0.272 e. The van der Waals surface area contributed by atoms with Crippen LogP contribution in [0.25, 0.3) is 0 Å². The predicted molar refractivity (Wildman–Crippen MR) is 83.2 cm³/mol. The lowest BCUT2D eigenvalue weighted by Crippen LogP contribution is -2.38. The molecule has 6 heteroatoms. The van der Waals surface area contributed by atoms with Crippen molar-refractivity contribution in [3.63, 3.8) is 0 Å². The van der Waals surface area contributed by atoms with Gasteiger partial charge >= 0.3 is 0 Å². The van der Waals surface area contributed by atoms with Gasteiger partial charge in [0.1, 0.15) is 5.82 Å². The van der Waals surface area contributed by atoms with E-state index in [0.717, 1.165) is 24.6 Å². The molecule has 1 saturated carbocycles. The molecule has 0 radical (unpaired) electrons. The van der Waals surface area contributed by atoms with E-state index < -0.39 is 0 Å². The summed E-state index contributed by atoms with van der Waals surface area (Å²) in [5.41, 5.74) is 0.388. The highest BCUT2D eigenvalue weighted by atomic mass is 32.2. The van der Waals surface area contributed by atoms with E-state index >= 15 is 0 Å². The summed E-state index contributed by atoms with van der Waals surface area (Å²) in [5.74, 6) is 0.581. The van der Waals surface area contributed by atoms with E-state index in [4.69, 9.17) is 0 Å². The van der Waals surface area contributed by atoms with Crippen LogP contribution in [0, 0.1) is 0 Å². The molecule has 1 amide bonds. The van der Waals surface area contributed by atoms with E-state index in [1.165, 1.54) is 12.8 Å². The highest BCUT2D eigenvalue weighted by Gasteiger charge is 2.22. The van der Waals surface area contributed by atoms with E-state index in [1.54, 1.807) is 12.1 Å². The normalized spacial score (nSPS) is 22.3. The molecule has 1 aromatic heterocycles. The van der Waals surface area contributed by atoms with Gasteiger partial charge in [0.2, 0.25) is 0 Å². The summed E-state index contributed by atoms with van der Waals surface area (Å²) in [5, 5.41) is 14.8. The second kappa shape index (κ2) is 7.47. The molecular formula is C14H22N4OS. The maximum atomic E-state index is 12.1. The number of nitrogens with one attached hydrogen (secondary N) is 2. The topological polar surface area (TPSA) is 66.9 Å². The number of rotatable bonds is 5. The largest absolute Gasteiger partial charge is 0.369 e. The minimum absolute atomic E-state index is 0.117. The van der Waals surface area contributed by atoms with Gasteiger partial charge < -0.3 is 10.6 Å². The summed E-state index contributed by atoms with van der Waals surface area (Å²) in [6.07, 6.45) is 6.62. The molecule has 110 valence electrons. The van der Waals surface area contributed by atoms with Gasteiger partial charge in [0, 0.05) is 17.8 Å². The van der Waals surface area contributed by atoms with Gasteiger partial charge in [0.05, 0.1) is 0 Å². The Hall–Kier alpha value is -1.30. The van der Waals surface area contributed by atoms with Crippen LogP contribution < -0.4 is 10.6 Å². The molecule has 1 aromatic rings. The molecule has 1 aliphatic carbocycles. The summed E-state index contributed by atoms with van der Waals surface area (Å²) in [7, 11) is 0. The maximum absolute atomic E-state index is 12.1. The van der Waals surface area contributed by atoms with Gasteiger partial charge in [-0.1, -0.05) is 0 Å². The Morgan fingerprint density at radius 3 is 2.60 bits per heavy atom. The zero-order chi connectivity index (χ0) is 14.4. The fourth-order valence-electron chi connectivity index (χ4n) is 2.43. The Labute approximate surface area is 124 Å². The number of anilines is 1. The summed E-state index contributed by atoms with van der Waals surface area (Å²) >= 11 is 1.93. The van der Waals surface area contributed by atoms with E-state index in [-0.39, 0.29) is 11.9 Å². The van der Waals surface area contributed by atoms with Crippen LogP contribution >= 0.6 is 11.8 Å². The molecule has 2 rings (SSSR count). The summed E-state index contributed by atoms with van der Waals surface area (Å²) in [4.78, 5) is 12.1. The van der Waals surface area contributed by atoms with Gasteiger partial charge in [-0.3, -0.25) is 4.79 Å². The Kier molecular flexibility index (Phi) is 5.64. The average Bonchev–Trinajstić information content (AvgIpc) is 2.49. The zero-order valence-corrected chi connectivity index (χ0v) is 12.9. The smallest absolute Gasteiger partial charge is 0.272 e. The van der Waals surface area contributed by atoms with Gasteiger partial charge in [0.15, 0.2) is 5.69 Å². The third-order valence-corrected chi connectivity index (χ3v) is 4.74. The van der Waals surface area contributed by atoms with E-state index in [9.17, 15) is 4.79 Å². The number of aromatic nitrogens is 2. The van der Waals surface area contributed by atoms with Crippen LogP contribution in [0.15, 0.2) is 12.1 Å². The van der Waals surface area contributed by atoms with Crippen molar-refractivity contribution < 1.29 is 4.79 Å². The first-order valence-electron chi connectivity index (χ1n) is 7.14. The molecule has 0 aromatic carbocycles. The highest BCUT2D eigenvalue weighted by molar-refractivity contribution is 7.99. The molecule has 1 heterocycles. The number of carbonyl (C=O) groups is 1. The number of thioether (sulfide) groups is 1. The molecule has 1 aliphatic rings. The molecule has 0 aliphatic heterocycles. The molecule has 0 bridgehead atoms. The third kappa shape index (κ3) is 4.10. The second-order valence-electron chi connectivity index (χ2n) is 5.02. The summed E-state index contributed by atoms with van der Waals surface area (Å²) in [6.45, 7) is 2.78. The van der Waals surface area contributed by atoms with Crippen LogP contribution in [-0.4, -0.2) is 40.2 Å². The van der Waals surface area contributed by atoms with Crippen LogP contribution in [-0.2, 0) is 0 Å².